The highest BCUT2D eigenvalue weighted by Gasteiger charge is 2.19. The number of nitro benzene ring substituents is 1. The van der Waals surface area contributed by atoms with Crippen molar-refractivity contribution in [2.75, 3.05) is 10.5 Å². The van der Waals surface area contributed by atoms with Crippen LogP contribution in [0.3, 0.4) is 0 Å². The van der Waals surface area contributed by atoms with Gasteiger partial charge >= 0.3 is 0 Å². The number of anilines is 2. The highest BCUT2D eigenvalue weighted by atomic mass is 32.2. The van der Waals surface area contributed by atoms with E-state index in [1.54, 1.807) is 0 Å². The first-order valence-corrected chi connectivity index (χ1v) is 7.14. The van der Waals surface area contributed by atoms with Crippen LogP contribution in [0, 0.1) is 17.0 Å². The van der Waals surface area contributed by atoms with Crippen molar-refractivity contribution in [1.29, 1.82) is 0 Å². The molecule has 0 saturated heterocycles. The molecule has 0 saturated carbocycles. The van der Waals surface area contributed by atoms with Crippen molar-refractivity contribution >= 4 is 27.3 Å². The summed E-state index contributed by atoms with van der Waals surface area (Å²) in [7, 11) is -3.95. The van der Waals surface area contributed by atoms with Gasteiger partial charge in [-0.25, -0.2) is 18.4 Å². The smallest absolute Gasteiger partial charge is 0.274 e. The number of nitro groups is 1. The minimum atomic E-state index is -3.95. The van der Waals surface area contributed by atoms with Gasteiger partial charge in [-0.1, -0.05) is 6.07 Å². The molecular formula is C11H11N5O4S. The predicted octanol–water partition coefficient (Wildman–Crippen LogP) is 1.08. The van der Waals surface area contributed by atoms with Crippen molar-refractivity contribution in [3.8, 4) is 0 Å². The molecule has 0 amide bonds. The van der Waals surface area contributed by atoms with Gasteiger partial charge in [0, 0.05) is 6.07 Å². The monoisotopic (exact) mass is 309 g/mol. The lowest BCUT2D eigenvalue weighted by molar-refractivity contribution is -0.385. The Kier molecular flexibility index (Phi) is 3.72. The molecule has 1 aromatic carbocycles. The van der Waals surface area contributed by atoms with E-state index in [4.69, 9.17) is 5.73 Å². The zero-order valence-corrected chi connectivity index (χ0v) is 11.7. The molecule has 9 nitrogen and oxygen atoms in total. The fourth-order valence-electron chi connectivity index (χ4n) is 1.60. The van der Waals surface area contributed by atoms with Crippen molar-refractivity contribution in [1.82, 2.24) is 9.97 Å². The molecule has 0 aliphatic carbocycles. The minimum Gasteiger partial charge on any atom is -0.368 e. The average Bonchev–Trinajstić information content (AvgIpc) is 2.41. The van der Waals surface area contributed by atoms with Gasteiger partial charge in [-0.15, -0.1) is 0 Å². The Labute approximate surface area is 120 Å². The molecule has 0 fully saturated rings. The largest absolute Gasteiger partial charge is 0.368 e. The van der Waals surface area contributed by atoms with E-state index < -0.39 is 14.9 Å². The Bertz CT molecular complexity index is 789. The molecule has 110 valence electrons. The zero-order valence-electron chi connectivity index (χ0n) is 10.8. The lowest BCUT2D eigenvalue weighted by atomic mass is 10.2. The summed E-state index contributed by atoms with van der Waals surface area (Å²) in [6, 6.07) is 4.11. The number of aromatic nitrogens is 2. The number of hydrogen-bond acceptors (Lipinski definition) is 7. The summed E-state index contributed by atoms with van der Waals surface area (Å²) in [6.07, 6.45) is 2.11. The highest BCUT2D eigenvalue weighted by molar-refractivity contribution is 7.92. The van der Waals surface area contributed by atoms with Gasteiger partial charge in [-0.2, -0.15) is 0 Å². The molecule has 0 bridgehead atoms. The maximum atomic E-state index is 12.1. The molecule has 2 rings (SSSR count). The van der Waals surface area contributed by atoms with Gasteiger partial charge in [0.15, 0.2) is 0 Å². The summed E-state index contributed by atoms with van der Waals surface area (Å²) in [5.74, 6) is -0.0551. The third kappa shape index (κ3) is 3.05. The molecule has 1 aromatic heterocycles. The van der Waals surface area contributed by atoms with E-state index in [0.29, 0.717) is 0 Å². The number of nitrogens with two attached hydrogens (primary N) is 1. The standard InChI is InChI=1S/C11H11N5O4S/c1-7-9(3-2-4-10(7)16(17)18)15-21(19,20)8-5-13-11(12)14-6-8/h2-6,15H,1H3,(H2,12,13,14). The fraction of sp³-hybridized carbons (Fsp3) is 0.0909. The number of rotatable bonds is 4. The lowest BCUT2D eigenvalue weighted by Gasteiger charge is -2.10. The number of hydrogen-bond donors (Lipinski definition) is 2. The number of nitrogens with one attached hydrogen (secondary N) is 1. The van der Waals surface area contributed by atoms with Crippen LogP contribution in [0.15, 0.2) is 35.5 Å². The van der Waals surface area contributed by atoms with Crippen LogP contribution in [0.1, 0.15) is 5.56 Å². The minimum absolute atomic E-state index is 0.0551. The maximum Gasteiger partial charge on any atom is 0.274 e. The summed E-state index contributed by atoms with van der Waals surface area (Å²) in [5.41, 5.74) is 5.43. The van der Waals surface area contributed by atoms with Gasteiger partial charge in [-0.3, -0.25) is 14.8 Å². The van der Waals surface area contributed by atoms with E-state index in [1.165, 1.54) is 25.1 Å². The quantitative estimate of drug-likeness (QED) is 0.635. The van der Waals surface area contributed by atoms with Crippen LogP contribution >= 0.6 is 0 Å². The second-order valence-electron chi connectivity index (χ2n) is 4.09. The average molecular weight is 309 g/mol. The van der Waals surface area contributed by atoms with Crippen molar-refractivity contribution in [3.63, 3.8) is 0 Å². The van der Waals surface area contributed by atoms with Gasteiger partial charge < -0.3 is 5.73 Å². The van der Waals surface area contributed by atoms with Crippen LogP contribution < -0.4 is 10.5 Å². The Morgan fingerprint density at radius 2 is 1.90 bits per heavy atom. The molecule has 0 spiro atoms. The van der Waals surface area contributed by atoms with Crippen LogP contribution in [0.4, 0.5) is 17.3 Å². The van der Waals surface area contributed by atoms with Crippen LogP contribution in [0.5, 0.6) is 0 Å². The maximum absolute atomic E-state index is 12.1. The van der Waals surface area contributed by atoms with Gasteiger partial charge in [0.2, 0.25) is 5.95 Å². The van der Waals surface area contributed by atoms with E-state index in [0.717, 1.165) is 12.4 Å². The molecule has 3 N–H and O–H groups in total. The number of benzene rings is 1. The summed E-state index contributed by atoms with van der Waals surface area (Å²) in [4.78, 5) is 17.3. The van der Waals surface area contributed by atoms with Crippen molar-refractivity contribution in [2.45, 2.75) is 11.8 Å². The first-order chi connectivity index (χ1) is 9.81. The summed E-state index contributed by atoms with van der Waals surface area (Å²) in [6.45, 7) is 1.45. The van der Waals surface area contributed by atoms with Crippen molar-refractivity contribution in [2.24, 2.45) is 0 Å². The first-order valence-electron chi connectivity index (χ1n) is 5.65. The van der Waals surface area contributed by atoms with Crippen LogP contribution in [0.2, 0.25) is 0 Å². The number of nitrogen functional groups attached to an aromatic ring is 1. The Hall–Kier alpha value is -2.75. The molecule has 2 aromatic rings. The predicted molar refractivity (Wildman–Crippen MR) is 75.1 cm³/mol. The van der Waals surface area contributed by atoms with E-state index in [9.17, 15) is 18.5 Å². The SMILES string of the molecule is Cc1c(NS(=O)(=O)c2cnc(N)nc2)cccc1[N+](=O)[O-]. The molecule has 0 aliphatic rings. The molecule has 0 atom stereocenters. The Morgan fingerprint density at radius 3 is 2.48 bits per heavy atom. The Balaban J connectivity index is 2.39. The summed E-state index contributed by atoms with van der Waals surface area (Å²) < 4.78 is 26.6. The van der Waals surface area contributed by atoms with Crippen LogP contribution in [-0.4, -0.2) is 23.3 Å². The third-order valence-electron chi connectivity index (χ3n) is 2.70. The van der Waals surface area contributed by atoms with Gasteiger partial charge in [0.1, 0.15) is 4.90 Å². The second-order valence-corrected chi connectivity index (χ2v) is 5.77. The lowest BCUT2D eigenvalue weighted by Crippen LogP contribution is -2.15. The highest BCUT2D eigenvalue weighted by Crippen LogP contribution is 2.26. The summed E-state index contributed by atoms with van der Waals surface area (Å²) in [5, 5.41) is 10.8. The van der Waals surface area contributed by atoms with Gasteiger partial charge in [0.25, 0.3) is 15.7 Å². The Morgan fingerprint density at radius 1 is 1.29 bits per heavy atom. The van der Waals surface area contributed by atoms with E-state index in [2.05, 4.69) is 14.7 Å². The van der Waals surface area contributed by atoms with Crippen LogP contribution in [-0.2, 0) is 10.0 Å². The van der Waals surface area contributed by atoms with Crippen molar-refractivity contribution < 1.29 is 13.3 Å². The molecule has 1 heterocycles. The molecular weight excluding hydrogens is 298 g/mol. The van der Waals surface area contributed by atoms with E-state index >= 15 is 0 Å². The molecule has 10 heteroatoms. The van der Waals surface area contributed by atoms with E-state index in [-0.39, 0.29) is 27.8 Å². The first kappa shape index (κ1) is 14.7. The second kappa shape index (κ2) is 5.32. The molecule has 0 aliphatic heterocycles. The summed E-state index contributed by atoms with van der Waals surface area (Å²) >= 11 is 0. The molecule has 21 heavy (non-hydrogen) atoms. The van der Waals surface area contributed by atoms with Gasteiger partial charge in [0.05, 0.1) is 28.6 Å². The molecule has 0 unspecified atom stereocenters. The molecule has 0 radical (unpaired) electrons. The number of sulfonamides is 1. The number of nitrogens with zero attached hydrogens (tertiary/aromatic N) is 3. The fourth-order valence-corrected chi connectivity index (χ4v) is 2.61. The van der Waals surface area contributed by atoms with Crippen molar-refractivity contribution in [3.05, 3.63) is 46.3 Å². The topological polar surface area (TPSA) is 141 Å². The third-order valence-corrected chi connectivity index (χ3v) is 4.02. The normalized spacial score (nSPS) is 11.1. The van der Waals surface area contributed by atoms with Gasteiger partial charge in [-0.05, 0) is 13.0 Å². The van der Waals surface area contributed by atoms with E-state index in [1.807, 2.05) is 0 Å². The zero-order chi connectivity index (χ0) is 15.6. The van der Waals surface area contributed by atoms with Crippen LogP contribution in [0.25, 0.3) is 0 Å².